The lowest BCUT2D eigenvalue weighted by atomic mass is 9.79. The lowest BCUT2D eigenvalue weighted by Gasteiger charge is -2.43. The number of hydrogen-bond donors (Lipinski definition) is 1. The molecule has 3 heteroatoms. The van der Waals surface area contributed by atoms with Crippen LogP contribution < -0.4 is 5.32 Å². The lowest BCUT2D eigenvalue weighted by Crippen LogP contribution is -2.55. The van der Waals surface area contributed by atoms with Gasteiger partial charge in [-0.15, -0.1) is 0 Å². The Kier molecular flexibility index (Phi) is 6.09. The van der Waals surface area contributed by atoms with Gasteiger partial charge in [0, 0.05) is 39.2 Å². The van der Waals surface area contributed by atoms with Gasteiger partial charge in [0.2, 0.25) is 0 Å². The molecule has 1 unspecified atom stereocenters. The van der Waals surface area contributed by atoms with Crippen LogP contribution in [0.25, 0.3) is 0 Å². The van der Waals surface area contributed by atoms with Gasteiger partial charge in [-0.1, -0.05) is 27.7 Å². The monoisotopic (exact) mass is 257 g/mol. The van der Waals surface area contributed by atoms with Crippen LogP contribution in [-0.2, 0) is 9.47 Å². The van der Waals surface area contributed by atoms with E-state index in [0.717, 1.165) is 32.6 Å². The van der Waals surface area contributed by atoms with Gasteiger partial charge in [-0.2, -0.15) is 0 Å². The molecule has 108 valence electrons. The molecule has 1 aliphatic heterocycles. The van der Waals surface area contributed by atoms with Gasteiger partial charge < -0.3 is 14.8 Å². The van der Waals surface area contributed by atoms with Crippen molar-refractivity contribution in [2.24, 2.45) is 5.41 Å². The zero-order valence-corrected chi connectivity index (χ0v) is 12.8. The zero-order chi connectivity index (χ0) is 13.6. The highest BCUT2D eigenvalue weighted by Crippen LogP contribution is 2.33. The molecule has 1 aliphatic rings. The van der Waals surface area contributed by atoms with Crippen molar-refractivity contribution in [2.45, 2.75) is 65.0 Å². The molecular formula is C15H31NO2. The van der Waals surface area contributed by atoms with Crippen molar-refractivity contribution in [3.8, 4) is 0 Å². The Morgan fingerprint density at radius 3 is 2.33 bits per heavy atom. The van der Waals surface area contributed by atoms with E-state index in [2.05, 4.69) is 33.0 Å². The molecule has 1 saturated heterocycles. The molecule has 0 spiro atoms. The average Bonchev–Trinajstić information content (AvgIpc) is 2.34. The van der Waals surface area contributed by atoms with Crippen LogP contribution in [0.4, 0.5) is 0 Å². The summed E-state index contributed by atoms with van der Waals surface area (Å²) in [6.07, 6.45) is 4.40. The van der Waals surface area contributed by atoms with Crippen molar-refractivity contribution < 1.29 is 9.47 Å². The Hall–Kier alpha value is -0.120. The second-order valence-electron chi connectivity index (χ2n) is 6.59. The van der Waals surface area contributed by atoms with Crippen LogP contribution in [0.5, 0.6) is 0 Å². The molecule has 0 amide bonds. The Balaban J connectivity index is 2.67. The van der Waals surface area contributed by atoms with Gasteiger partial charge in [0.25, 0.3) is 0 Å². The number of rotatable bonds is 6. The fraction of sp³-hybridized carbons (Fsp3) is 1.00. The molecule has 0 radical (unpaired) electrons. The third-order valence-corrected chi connectivity index (χ3v) is 4.01. The van der Waals surface area contributed by atoms with Crippen LogP contribution >= 0.6 is 0 Å². The van der Waals surface area contributed by atoms with Gasteiger partial charge in [-0.05, 0) is 24.8 Å². The standard InChI is InChI=1S/C15H31NO2/c1-6-16-13(7-8-14(2,3)4)15(17-5)9-11-18-12-10-15/h13,16H,6-12H2,1-5H3. The van der Waals surface area contributed by atoms with E-state index < -0.39 is 0 Å². The highest BCUT2D eigenvalue weighted by Gasteiger charge is 2.40. The highest BCUT2D eigenvalue weighted by atomic mass is 16.5. The smallest absolute Gasteiger partial charge is 0.0874 e. The van der Waals surface area contributed by atoms with E-state index in [0.29, 0.717) is 11.5 Å². The minimum Gasteiger partial charge on any atom is -0.381 e. The molecule has 1 fully saturated rings. The van der Waals surface area contributed by atoms with Gasteiger partial charge in [0.1, 0.15) is 0 Å². The molecule has 0 aromatic carbocycles. The summed E-state index contributed by atoms with van der Waals surface area (Å²) in [5, 5.41) is 3.64. The minimum atomic E-state index is -0.0283. The summed E-state index contributed by atoms with van der Waals surface area (Å²) in [7, 11) is 1.85. The van der Waals surface area contributed by atoms with E-state index in [4.69, 9.17) is 9.47 Å². The summed E-state index contributed by atoms with van der Waals surface area (Å²) < 4.78 is 11.4. The van der Waals surface area contributed by atoms with Gasteiger partial charge in [-0.25, -0.2) is 0 Å². The van der Waals surface area contributed by atoms with Crippen LogP contribution in [-0.4, -0.2) is 38.5 Å². The van der Waals surface area contributed by atoms with Gasteiger partial charge >= 0.3 is 0 Å². The maximum atomic E-state index is 5.92. The second kappa shape index (κ2) is 6.88. The predicted molar refractivity (Wildman–Crippen MR) is 75.9 cm³/mol. The zero-order valence-electron chi connectivity index (χ0n) is 12.8. The van der Waals surface area contributed by atoms with Crippen LogP contribution in [0.15, 0.2) is 0 Å². The Labute approximate surface area is 113 Å². The van der Waals surface area contributed by atoms with E-state index >= 15 is 0 Å². The van der Waals surface area contributed by atoms with Crippen molar-refractivity contribution in [2.75, 3.05) is 26.9 Å². The van der Waals surface area contributed by atoms with Crippen molar-refractivity contribution >= 4 is 0 Å². The van der Waals surface area contributed by atoms with E-state index in [9.17, 15) is 0 Å². The molecule has 3 nitrogen and oxygen atoms in total. The van der Waals surface area contributed by atoms with E-state index in [-0.39, 0.29) is 5.60 Å². The number of nitrogens with one attached hydrogen (secondary N) is 1. The molecule has 0 bridgehead atoms. The normalized spacial score (nSPS) is 21.8. The number of likely N-dealkylation sites (N-methyl/N-ethyl adjacent to an activating group) is 1. The van der Waals surface area contributed by atoms with E-state index in [1.165, 1.54) is 12.8 Å². The molecule has 0 saturated carbocycles. The number of hydrogen-bond acceptors (Lipinski definition) is 3. The Morgan fingerprint density at radius 2 is 1.89 bits per heavy atom. The van der Waals surface area contributed by atoms with Crippen LogP contribution in [0, 0.1) is 5.41 Å². The maximum Gasteiger partial charge on any atom is 0.0874 e. The molecule has 1 heterocycles. The summed E-state index contributed by atoms with van der Waals surface area (Å²) in [5.74, 6) is 0. The SMILES string of the molecule is CCNC(CCC(C)(C)C)C1(OC)CCOCC1. The molecule has 0 aromatic heterocycles. The summed E-state index contributed by atoms with van der Waals surface area (Å²) in [4.78, 5) is 0. The van der Waals surface area contributed by atoms with Crippen molar-refractivity contribution in [1.82, 2.24) is 5.32 Å². The van der Waals surface area contributed by atoms with Crippen LogP contribution in [0.2, 0.25) is 0 Å². The summed E-state index contributed by atoms with van der Waals surface area (Å²) in [6, 6.07) is 0.440. The molecular weight excluding hydrogens is 226 g/mol. The maximum absolute atomic E-state index is 5.92. The van der Waals surface area contributed by atoms with Crippen molar-refractivity contribution in [3.63, 3.8) is 0 Å². The predicted octanol–water partition coefficient (Wildman–Crippen LogP) is 2.99. The fourth-order valence-electron chi connectivity index (χ4n) is 2.79. The summed E-state index contributed by atoms with van der Waals surface area (Å²) >= 11 is 0. The molecule has 18 heavy (non-hydrogen) atoms. The first-order chi connectivity index (χ1) is 8.43. The summed E-state index contributed by atoms with van der Waals surface area (Å²) in [5.41, 5.74) is 0.354. The first kappa shape index (κ1) is 15.9. The Morgan fingerprint density at radius 1 is 1.28 bits per heavy atom. The van der Waals surface area contributed by atoms with Gasteiger partial charge in [0.05, 0.1) is 5.60 Å². The second-order valence-corrected chi connectivity index (χ2v) is 6.59. The quantitative estimate of drug-likeness (QED) is 0.793. The lowest BCUT2D eigenvalue weighted by molar-refractivity contribution is -0.112. The largest absolute Gasteiger partial charge is 0.381 e. The van der Waals surface area contributed by atoms with Crippen LogP contribution in [0.1, 0.15) is 53.4 Å². The third-order valence-electron chi connectivity index (χ3n) is 4.01. The topological polar surface area (TPSA) is 30.5 Å². The first-order valence-electron chi connectivity index (χ1n) is 7.30. The molecule has 1 atom stereocenters. The Bertz CT molecular complexity index is 229. The van der Waals surface area contributed by atoms with Crippen molar-refractivity contribution in [3.05, 3.63) is 0 Å². The number of ether oxygens (including phenoxy) is 2. The summed E-state index contributed by atoms with van der Waals surface area (Å²) in [6.45, 7) is 11.7. The van der Waals surface area contributed by atoms with Gasteiger partial charge in [0.15, 0.2) is 0 Å². The first-order valence-corrected chi connectivity index (χ1v) is 7.30. The minimum absolute atomic E-state index is 0.0283. The molecule has 0 aromatic rings. The molecule has 0 aliphatic carbocycles. The van der Waals surface area contributed by atoms with Gasteiger partial charge in [-0.3, -0.25) is 0 Å². The molecule has 1 rings (SSSR count). The highest BCUT2D eigenvalue weighted by molar-refractivity contribution is 4.95. The third kappa shape index (κ3) is 4.52. The van der Waals surface area contributed by atoms with Crippen LogP contribution in [0.3, 0.4) is 0 Å². The molecule has 1 N–H and O–H groups in total. The van der Waals surface area contributed by atoms with E-state index in [1.807, 2.05) is 7.11 Å². The van der Waals surface area contributed by atoms with Crippen molar-refractivity contribution in [1.29, 1.82) is 0 Å². The fourth-order valence-corrected chi connectivity index (χ4v) is 2.79. The average molecular weight is 257 g/mol. The number of methoxy groups -OCH3 is 1. The van der Waals surface area contributed by atoms with E-state index in [1.54, 1.807) is 0 Å².